The van der Waals surface area contributed by atoms with Gasteiger partial charge in [0.15, 0.2) is 0 Å². The van der Waals surface area contributed by atoms with Crippen LogP contribution in [0.15, 0.2) is 24.3 Å². The number of benzene rings is 1. The summed E-state index contributed by atoms with van der Waals surface area (Å²) in [6, 6.07) is 7.68. The third-order valence-electron chi connectivity index (χ3n) is 4.64. The van der Waals surface area contributed by atoms with E-state index < -0.39 is 0 Å². The van der Waals surface area contributed by atoms with Gasteiger partial charge in [-0.05, 0) is 31.7 Å². The van der Waals surface area contributed by atoms with Gasteiger partial charge in [-0.2, -0.15) is 0 Å². The summed E-state index contributed by atoms with van der Waals surface area (Å²) in [4.78, 5) is 12.2. The second kappa shape index (κ2) is 7.01. The lowest BCUT2D eigenvalue weighted by molar-refractivity contribution is 0.132. The number of amides is 2. The van der Waals surface area contributed by atoms with E-state index in [0.29, 0.717) is 13.2 Å². The summed E-state index contributed by atoms with van der Waals surface area (Å²) < 4.78 is 5.71. The summed E-state index contributed by atoms with van der Waals surface area (Å²) in [6.07, 6.45) is 4.40. The molecule has 120 valence electrons. The van der Waals surface area contributed by atoms with Crippen molar-refractivity contribution in [3.05, 3.63) is 29.8 Å². The summed E-state index contributed by atoms with van der Waals surface area (Å²) in [6.45, 7) is 1.23. The van der Waals surface area contributed by atoms with Crippen molar-refractivity contribution in [1.82, 2.24) is 10.6 Å². The van der Waals surface area contributed by atoms with Crippen LogP contribution < -0.4 is 15.4 Å². The van der Waals surface area contributed by atoms with Crippen molar-refractivity contribution < 1.29 is 14.6 Å². The molecular weight excluding hydrogens is 280 g/mol. The highest BCUT2D eigenvalue weighted by Gasteiger charge is 2.26. The van der Waals surface area contributed by atoms with Crippen LogP contribution in [0.5, 0.6) is 5.75 Å². The monoisotopic (exact) mass is 304 g/mol. The Labute approximate surface area is 131 Å². The molecule has 2 aliphatic rings. The Balaban J connectivity index is 1.57. The highest BCUT2D eigenvalue weighted by Crippen LogP contribution is 2.31. The number of fused-ring (bicyclic) bond motifs is 1. The molecule has 22 heavy (non-hydrogen) atoms. The van der Waals surface area contributed by atoms with E-state index in [2.05, 4.69) is 10.6 Å². The maximum atomic E-state index is 12.2. The lowest BCUT2D eigenvalue weighted by atomic mass is 10.0. The SMILES string of the molecule is O=C(NC[C@@H]1CCC[C@H]1O)N[C@@H]1CCCOc2ccccc21. The Morgan fingerprint density at radius 2 is 2.09 bits per heavy atom. The van der Waals surface area contributed by atoms with Gasteiger partial charge < -0.3 is 20.5 Å². The lowest BCUT2D eigenvalue weighted by Crippen LogP contribution is -2.41. The average Bonchev–Trinajstić information content (AvgIpc) is 2.83. The van der Waals surface area contributed by atoms with Crippen LogP contribution in [0.25, 0.3) is 0 Å². The first-order valence-electron chi connectivity index (χ1n) is 8.18. The van der Waals surface area contributed by atoms with Gasteiger partial charge in [0.05, 0.1) is 18.8 Å². The fourth-order valence-electron chi connectivity index (χ4n) is 3.36. The Hall–Kier alpha value is -1.75. The molecule has 0 saturated heterocycles. The van der Waals surface area contributed by atoms with E-state index in [1.165, 1.54) is 0 Å². The van der Waals surface area contributed by atoms with Crippen LogP contribution in [-0.2, 0) is 0 Å². The summed E-state index contributed by atoms with van der Waals surface area (Å²) in [5.74, 6) is 1.05. The normalized spacial score (nSPS) is 27.4. The number of rotatable bonds is 3. The van der Waals surface area contributed by atoms with Crippen molar-refractivity contribution in [2.24, 2.45) is 5.92 Å². The summed E-state index contributed by atoms with van der Waals surface area (Å²) in [5, 5.41) is 15.7. The second-order valence-electron chi connectivity index (χ2n) is 6.19. The predicted molar refractivity (Wildman–Crippen MR) is 83.8 cm³/mol. The van der Waals surface area contributed by atoms with E-state index in [0.717, 1.165) is 43.4 Å². The van der Waals surface area contributed by atoms with Crippen LogP contribution in [0.4, 0.5) is 4.79 Å². The minimum absolute atomic E-state index is 0.0211. The second-order valence-corrected chi connectivity index (χ2v) is 6.19. The lowest BCUT2D eigenvalue weighted by Gasteiger charge is -2.20. The minimum atomic E-state index is -0.271. The molecule has 1 fully saturated rings. The van der Waals surface area contributed by atoms with Gasteiger partial charge in [-0.25, -0.2) is 4.79 Å². The number of urea groups is 1. The molecule has 0 bridgehead atoms. The molecule has 2 amide bonds. The number of carbonyl (C=O) groups is 1. The zero-order chi connectivity index (χ0) is 15.4. The molecule has 5 heteroatoms. The largest absolute Gasteiger partial charge is 0.493 e. The molecule has 0 radical (unpaired) electrons. The van der Waals surface area contributed by atoms with Gasteiger partial charge in [-0.1, -0.05) is 24.6 Å². The highest BCUT2D eigenvalue weighted by molar-refractivity contribution is 5.74. The standard InChI is InChI=1S/C17H24N2O3/c20-15-8-3-5-12(15)11-18-17(21)19-14-7-4-10-22-16-9-2-1-6-13(14)16/h1-2,6,9,12,14-15,20H,3-5,7-8,10-11H2,(H2,18,19,21)/t12-,14+,15+/m0/s1. The smallest absolute Gasteiger partial charge is 0.315 e. The van der Waals surface area contributed by atoms with Gasteiger partial charge in [0.25, 0.3) is 0 Å². The van der Waals surface area contributed by atoms with Gasteiger partial charge in [-0.15, -0.1) is 0 Å². The molecule has 0 aromatic heterocycles. The van der Waals surface area contributed by atoms with E-state index >= 15 is 0 Å². The molecule has 1 saturated carbocycles. The molecule has 1 aliphatic heterocycles. The Morgan fingerprint density at radius 3 is 2.91 bits per heavy atom. The van der Waals surface area contributed by atoms with E-state index in [4.69, 9.17) is 4.74 Å². The molecule has 5 nitrogen and oxygen atoms in total. The fraction of sp³-hybridized carbons (Fsp3) is 0.588. The molecule has 3 atom stereocenters. The van der Waals surface area contributed by atoms with Crippen molar-refractivity contribution in [1.29, 1.82) is 0 Å². The zero-order valence-electron chi connectivity index (χ0n) is 12.8. The van der Waals surface area contributed by atoms with E-state index in [1.54, 1.807) is 0 Å². The summed E-state index contributed by atoms with van der Waals surface area (Å²) in [5.41, 5.74) is 1.04. The van der Waals surface area contributed by atoms with Crippen molar-refractivity contribution in [3.8, 4) is 5.75 Å². The predicted octanol–water partition coefficient (Wildman–Crippen LogP) is 2.36. The van der Waals surface area contributed by atoms with Crippen molar-refractivity contribution in [2.75, 3.05) is 13.2 Å². The molecule has 3 rings (SSSR count). The van der Waals surface area contributed by atoms with Crippen molar-refractivity contribution >= 4 is 6.03 Å². The maximum Gasteiger partial charge on any atom is 0.315 e. The average molecular weight is 304 g/mol. The van der Waals surface area contributed by atoms with Gasteiger partial charge in [0, 0.05) is 18.0 Å². The summed E-state index contributed by atoms with van der Waals surface area (Å²) >= 11 is 0. The zero-order valence-corrected chi connectivity index (χ0v) is 12.8. The number of hydrogen-bond acceptors (Lipinski definition) is 3. The Kier molecular flexibility index (Phi) is 4.83. The van der Waals surface area contributed by atoms with Crippen molar-refractivity contribution in [2.45, 2.75) is 44.2 Å². The fourth-order valence-corrected chi connectivity index (χ4v) is 3.36. The van der Waals surface area contributed by atoms with Crippen LogP contribution in [0, 0.1) is 5.92 Å². The number of aliphatic hydroxyl groups is 1. The van der Waals surface area contributed by atoms with Gasteiger partial charge in [0.1, 0.15) is 5.75 Å². The topological polar surface area (TPSA) is 70.6 Å². The molecule has 1 aliphatic carbocycles. The van der Waals surface area contributed by atoms with Gasteiger partial charge in [0.2, 0.25) is 0 Å². The van der Waals surface area contributed by atoms with Crippen LogP contribution in [-0.4, -0.2) is 30.4 Å². The van der Waals surface area contributed by atoms with Gasteiger partial charge in [-0.3, -0.25) is 0 Å². The number of hydrogen-bond donors (Lipinski definition) is 3. The van der Waals surface area contributed by atoms with Crippen molar-refractivity contribution in [3.63, 3.8) is 0 Å². The number of para-hydroxylation sites is 1. The number of nitrogens with one attached hydrogen (secondary N) is 2. The number of aliphatic hydroxyl groups excluding tert-OH is 1. The highest BCUT2D eigenvalue weighted by atomic mass is 16.5. The first-order valence-corrected chi connectivity index (χ1v) is 8.18. The van der Waals surface area contributed by atoms with E-state index in [-0.39, 0.29) is 24.1 Å². The van der Waals surface area contributed by atoms with Gasteiger partial charge >= 0.3 is 6.03 Å². The maximum absolute atomic E-state index is 12.2. The van der Waals surface area contributed by atoms with Crippen LogP contribution >= 0.6 is 0 Å². The van der Waals surface area contributed by atoms with E-state index in [9.17, 15) is 9.90 Å². The molecule has 3 N–H and O–H groups in total. The number of carbonyl (C=O) groups excluding carboxylic acids is 1. The van der Waals surface area contributed by atoms with Crippen LogP contribution in [0.2, 0.25) is 0 Å². The third-order valence-corrected chi connectivity index (χ3v) is 4.64. The summed E-state index contributed by atoms with van der Waals surface area (Å²) in [7, 11) is 0. The molecule has 1 aromatic rings. The molecule has 1 aromatic carbocycles. The molecule has 0 spiro atoms. The van der Waals surface area contributed by atoms with Crippen LogP contribution in [0.1, 0.15) is 43.7 Å². The van der Waals surface area contributed by atoms with Crippen LogP contribution in [0.3, 0.4) is 0 Å². The molecule has 1 heterocycles. The van der Waals surface area contributed by atoms with E-state index in [1.807, 2.05) is 24.3 Å². The number of ether oxygens (including phenoxy) is 1. The molecule has 0 unspecified atom stereocenters. The molecular formula is C17H24N2O3. The first-order chi connectivity index (χ1) is 10.7. The first kappa shape index (κ1) is 15.2. The third kappa shape index (κ3) is 3.53. The Bertz CT molecular complexity index is 520. The Morgan fingerprint density at radius 1 is 1.23 bits per heavy atom. The quantitative estimate of drug-likeness (QED) is 0.803. The minimum Gasteiger partial charge on any atom is -0.493 e.